The molecule has 2 N–H and O–H groups in total. The summed E-state index contributed by atoms with van der Waals surface area (Å²) in [5.41, 5.74) is 5.67. The van der Waals surface area contributed by atoms with Crippen molar-refractivity contribution in [3.05, 3.63) is 33.3 Å². The molecule has 2 nitrogen and oxygen atoms in total. The first-order chi connectivity index (χ1) is 5.66. The van der Waals surface area contributed by atoms with Gasteiger partial charge in [-0.2, -0.15) is 0 Å². The first-order valence-corrected chi connectivity index (χ1v) is 4.51. The summed E-state index contributed by atoms with van der Waals surface area (Å²) >= 11 is 9.06. The van der Waals surface area contributed by atoms with Crippen LogP contribution in [0, 0.1) is 0 Å². The molecule has 1 aromatic rings. The molecule has 0 aliphatic rings. The number of nitrogens with two attached hydrogens (primary N) is 1. The minimum Gasteiger partial charge on any atom is -0.324 e. The summed E-state index contributed by atoms with van der Waals surface area (Å²) in [6, 6.07) is 5.18. The third-order valence-corrected chi connectivity index (χ3v) is 2.73. The highest BCUT2D eigenvalue weighted by Gasteiger charge is 2.09. The van der Waals surface area contributed by atoms with Crippen LogP contribution in [0.5, 0.6) is 0 Å². The average molecular weight is 285 g/mol. The standard InChI is InChI=1S/C8H7BrClNO.ClH/c9-6-3-1-2-5(8(6)10)7(12)4-11;/h1-3H,4,11H2;1H. The van der Waals surface area contributed by atoms with Gasteiger partial charge in [0.05, 0.1) is 11.6 Å². The lowest BCUT2D eigenvalue weighted by Crippen LogP contribution is -2.13. The molecule has 0 heterocycles. The van der Waals surface area contributed by atoms with Crippen molar-refractivity contribution in [1.82, 2.24) is 0 Å². The summed E-state index contributed by atoms with van der Waals surface area (Å²) in [6.07, 6.45) is 0. The molecule has 72 valence electrons. The van der Waals surface area contributed by atoms with E-state index in [-0.39, 0.29) is 24.7 Å². The molecule has 0 aromatic heterocycles. The molecular weight excluding hydrogens is 277 g/mol. The van der Waals surface area contributed by atoms with Crippen molar-refractivity contribution >= 4 is 45.7 Å². The van der Waals surface area contributed by atoms with Crippen molar-refractivity contribution in [2.75, 3.05) is 6.54 Å². The van der Waals surface area contributed by atoms with Crippen LogP contribution >= 0.6 is 39.9 Å². The third kappa shape index (κ3) is 2.95. The smallest absolute Gasteiger partial charge is 0.177 e. The summed E-state index contributed by atoms with van der Waals surface area (Å²) in [7, 11) is 0. The fourth-order valence-corrected chi connectivity index (χ4v) is 1.43. The molecule has 1 aromatic carbocycles. The Kier molecular flexibility index (Phi) is 5.56. The van der Waals surface area contributed by atoms with Gasteiger partial charge >= 0.3 is 0 Å². The van der Waals surface area contributed by atoms with Crippen molar-refractivity contribution in [3.8, 4) is 0 Å². The minimum absolute atomic E-state index is 0. The predicted octanol–water partition coefficient (Wildman–Crippen LogP) is 2.67. The van der Waals surface area contributed by atoms with Crippen molar-refractivity contribution in [3.63, 3.8) is 0 Å². The number of carbonyl (C=O) groups excluding carboxylic acids is 1. The maximum atomic E-state index is 11.2. The van der Waals surface area contributed by atoms with E-state index in [1.165, 1.54) is 0 Å². The number of Topliss-reactive ketones (excluding diaryl/α,β-unsaturated/α-hetero) is 1. The maximum Gasteiger partial charge on any atom is 0.177 e. The van der Waals surface area contributed by atoms with E-state index < -0.39 is 0 Å². The third-order valence-electron chi connectivity index (χ3n) is 1.44. The Bertz CT molecular complexity index is 317. The monoisotopic (exact) mass is 283 g/mol. The van der Waals surface area contributed by atoms with Gasteiger partial charge in [-0.05, 0) is 28.1 Å². The Balaban J connectivity index is 0.00000144. The summed E-state index contributed by atoms with van der Waals surface area (Å²) in [6.45, 7) is -0.0177. The van der Waals surface area contributed by atoms with E-state index in [4.69, 9.17) is 17.3 Å². The SMILES string of the molecule is Cl.NCC(=O)c1cccc(Br)c1Cl. The fraction of sp³-hybridized carbons (Fsp3) is 0.125. The topological polar surface area (TPSA) is 43.1 Å². The minimum atomic E-state index is -0.152. The lowest BCUT2D eigenvalue weighted by atomic mass is 10.1. The maximum absolute atomic E-state index is 11.2. The number of hydrogen-bond donors (Lipinski definition) is 1. The first-order valence-electron chi connectivity index (χ1n) is 3.34. The highest BCUT2D eigenvalue weighted by molar-refractivity contribution is 9.10. The quantitative estimate of drug-likeness (QED) is 0.849. The van der Waals surface area contributed by atoms with Gasteiger partial charge in [0.2, 0.25) is 0 Å². The molecule has 0 atom stereocenters. The van der Waals surface area contributed by atoms with E-state index in [0.29, 0.717) is 15.1 Å². The van der Waals surface area contributed by atoms with E-state index >= 15 is 0 Å². The van der Waals surface area contributed by atoms with Crippen molar-refractivity contribution < 1.29 is 4.79 Å². The summed E-state index contributed by atoms with van der Waals surface area (Å²) in [5, 5.41) is 0.424. The predicted molar refractivity (Wildman–Crippen MR) is 59.8 cm³/mol. The van der Waals surface area contributed by atoms with Gasteiger partial charge in [0.1, 0.15) is 0 Å². The van der Waals surface area contributed by atoms with E-state index in [2.05, 4.69) is 15.9 Å². The van der Waals surface area contributed by atoms with E-state index in [0.717, 1.165) is 0 Å². The van der Waals surface area contributed by atoms with Gasteiger partial charge in [-0.25, -0.2) is 0 Å². The normalized spacial score (nSPS) is 9.15. The zero-order valence-electron chi connectivity index (χ0n) is 6.59. The Morgan fingerprint density at radius 1 is 1.54 bits per heavy atom. The van der Waals surface area contributed by atoms with Gasteiger partial charge in [-0.3, -0.25) is 4.79 Å². The molecule has 0 saturated heterocycles. The molecule has 0 aliphatic heterocycles. The molecule has 0 saturated carbocycles. The summed E-state index contributed by atoms with van der Waals surface area (Å²) < 4.78 is 0.712. The van der Waals surface area contributed by atoms with Crippen molar-refractivity contribution in [2.45, 2.75) is 0 Å². The van der Waals surface area contributed by atoms with Gasteiger partial charge in [0.15, 0.2) is 5.78 Å². The highest BCUT2D eigenvalue weighted by Crippen LogP contribution is 2.25. The average Bonchev–Trinajstić information content (AvgIpc) is 2.08. The van der Waals surface area contributed by atoms with Crippen molar-refractivity contribution in [2.24, 2.45) is 5.73 Å². The lowest BCUT2D eigenvalue weighted by Gasteiger charge is -2.01. The first kappa shape index (κ1) is 12.9. The van der Waals surface area contributed by atoms with Crippen LogP contribution in [0.25, 0.3) is 0 Å². The second-order valence-electron chi connectivity index (χ2n) is 2.23. The van der Waals surface area contributed by atoms with E-state index in [9.17, 15) is 4.79 Å². The zero-order chi connectivity index (χ0) is 9.14. The van der Waals surface area contributed by atoms with Crippen LogP contribution in [0.2, 0.25) is 5.02 Å². The molecule has 0 bridgehead atoms. The van der Waals surface area contributed by atoms with Gasteiger partial charge < -0.3 is 5.73 Å². The molecule has 0 fully saturated rings. The Morgan fingerprint density at radius 2 is 2.15 bits per heavy atom. The Labute approximate surface area is 96.0 Å². The number of ketones is 1. The van der Waals surface area contributed by atoms with E-state index in [1.807, 2.05) is 0 Å². The molecule has 0 amide bonds. The summed E-state index contributed by atoms with van der Waals surface area (Å²) in [4.78, 5) is 11.2. The largest absolute Gasteiger partial charge is 0.324 e. The van der Waals surface area contributed by atoms with Crippen LogP contribution < -0.4 is 5.73 Å². The lowest BCUT2D eigenvalue weighted by molar-refractivity contribution is 0.100. The molecule has 0 unspecified atom stereocenters. The van der Waals surface area contributed by atoms with Gasteiger partial charge in [-0.15, -0.1) is 12.4 Å². The molecule has 0 aliphatic carbocycles. The molecule has 1 rings (SSSR count). The number of benzene rings is 1. The molecular formula is C8H8BrCl2NO. The fourth-order valence-electron chi connectivity index (χ4n) is 0.829. The number of hydrogen-bond acceptors (Lipinski definition) is 2. The zero-order valence-corrected chi connectivity index (χ0v) is 9.75. The second kappa shape index (κ2) is 5.60. The Hall–Kier alpha value is -0.0900. The van der Waals surface area contributed by atoms with Crippen molar-refractivity contribution in [1.29, 1.82) is 0 Å². The number of carbonyl (C=O) groups is 1. The number of rotatable bonds is 2. The van der Waals surface area contributed by atoms with Crippen LogP contribution in [0.3, 0.4) is 0 Å². The van der Waals surface area contributed by atoms with Gasteiger partial charge in [0.25, 0.3) is 0 Å². The second-order valence-corrected chi connectivity index (χ2v) is 3.46. The van der Waals surface area contributed by atoms with Gasteiger partial charge in [-0.1, -0.05) is 17.7 Å². The molecule has 5 heteroatoms. The van der Waals surface area contributed by atoms with Gasteiger partial charge in [0, 0.05) is 10.0 Å². The Morgan fingerprint density at radius 3 is 2.69 bits per heavy atom. The molecule has 0 radical (unpaired) electrons. The van der Waals surface area contributed by atoms with E-state index in [1.54, 1.807) is 18.2 Å². The highest BCUT2D eigenvalue weighted by atomic mass is 79.9. The molecule has 0 spiro atoms. The van der Waals surface area contributed by atoms with Crippen LogP contribution in [0.1, 0.15) is 10.4 Å². The van der Waals surface area contributed by atoms with Crippen LogP contribution in [0.15, 0.2) is 22.7 Å². The van der Waals surface area contributed by atoms with Crippen LogP contribution in [-0.4, -0.2) is 12.3 Å². The molecule has 13 heavy (non-hydrogen) atoms. The van der Waals surface area contributed by atoms with Crippen LogP contribution in [-0.2, 0) is 0 Å². The number of halogens is 3. The van der Waals surface area contributed by atoms with Crippen LogP contribution in [0.4, 0.5) is 0 Å². The summed E-state index contributed by atoms with van der Waals surface area (Å²) in [5.74, 6) is -0.152.